The topological polar surface area (TPSA) is 50.4 Å². The molecule has 4 nitrogen and oxygen atoms in total. The summed E-state index contributed by atoms with van der Waals surface area (Å²) >= 11 is 0. The van der Waals surface area contributed by atoms with Crippen molar-refractivity contribution >= 4 is 5.91 Å². The predicted molar refractivity (Wildman–Crippen MR) is 79.5 cm³/mol. The summed E-state index contributed by atoms with van der Waals surface area (Å²) in [5.74, 6) is 0.0910. The van der Waals surface area contributed by atoms with E-state index < -0.39 is 0 Å². The molecule has 2 atom stereocenters. The highest BCUT2D eigenvalue weighted by molar-refractivity contribution is 5.76. The lowest BCUT2D eigenvalue weighted by Gasteiger charge is -2.14. The number of hydrogen-bond donors (Lipinski definition) is 2. The smallest absolute Gasteiger partial charge is 0.221 e. The first-order valence-corrected chi connectivity index (χ1v) is 7.42. The molecule has 2 rings (SSSR count). The molecule has 0 aliphatic carbocycles. The second-order valence-electron chi connectivity index (χ2n) is 5.28. The van der Waals surface area contributed by atoms with Gasteiger partial charge in [-0.25, -0.2) is 0 Å². The largest absolute Gasteiger partial charge is 0.376 e. The molecule has 0 saturated carbocycles. The van der Waals surface area contributed by atoms with Crippen LogP contribution in [-0.2, 0) is 9.53 Å². The van der Waals surface area contributed by atoms with Crippen LogP contribution in [0, 0.1) is 0 Å². The Bertz CT molecular complexity index is 402. The van der Waals surface area contributed by atoms with Gasteiger partial charge in [0.25, 0.3) is 0 Å². The highest BCUT2D eigenvalue weighted by Gasteiger charge is 2.15. The summed E-state index contributed by atoms with van der Waals surface area (Å²) in [6.07, 6.45) is 2.89. The fourth-order valence-electron chi connectivity index (χ4n) is 2.38. The third kappa shape index (κ3) is 4.94. The lowest BCUT2D eigenvalue weighted by molar-refractivity contribution is -0.121. The Morgan fingerprint density at radius 1 is 1.40 bits per heavy atom. The van der Waals surface area contributed by atoms with Crippen molar-refractivity contribution in [2.24, 2.45) is 0 Å². The molecule has 20 heavy (non-hydrogen) atoms. The molecule has 0 bridgehead atoms. The molecular formula is C16H24N2O2. The van der Waals surface area contributed by atoms with Gasteiger partial charge < -0.3 is 15.4 Å². The molecule has 1 aliphatic rings. The molecule has 0 aromatic heterocycles. The van der Waals surface area contributed by atoms with Crippen LogP contribution in [-0.4, -0.2) is 31.7 Å². The Hall–Kier alpha value is -1.39. The van der Waals surface area contributed by atoms with Crippen molar-refractivity contribution in [1.29, 1.82) is 0 Å². The number of nitrogens with one attached hydrogen (secondary N) is 2. The average molecular weight is 276 g/mol. The Morgan fingerprint density at radius 2 is 2.20 bits per heavy atom. The number of amides is 1. The van der Waals surface area contributed by atoms with Gasteiger partial charge in [0.1, 0.15) is 0 Å². The second-order valence-corrected chi connectivity index (χ2v) is 5.28. The standard InChI is InChI=1S/C16H24N2O2/c1-13(14-6-3-2-4-7-14)17-10-9-16(19)18-12-15-8-5-11-20-15/h2-4,6-7,13,15,17H,5,8-12H2,1H3,(H,18,19). The van der Waals surface area contributed by atoms with Crippen molar-refractivity contribution in [1.82, 2.24) is 10.6 Å². The van der Waals surface area contributed by atoms with E-state index in [-0.39, 0.29) is 18.1 Å². The molecular weight excluding hydrogens is 252 g/mol. The summed E-state index contributed by atoms with van der Waals surface area (Å²) < 4.78 is 5.47. The number of benzene rings is 1. The summed E-state index contributed by atoms with van der Waals surface area (Å²) in [4.78, 5) is 11.7. The van der Waals surface area contributed by atoms with Crippen molar-refractivity contribution in [2.75, 3.05) is 19.7 Å². The summed E-state index contributed by atoms with van der Waals surface area (Å²) in [5, 5.41) is 6.30. The Balaban J connectivity index is 1.59. The van der Waals surface area contributed by atoms with Crippen molar-refractivity contribution in [3.8, 4) is 0 Å². The number of rotatable bonds is 7. The molecule has 0 spiro atoms. The summed E-state index contributed by atoms with van der Waals surface area (Å²) in [6.45, 7) is 4.27. The highest BCUT2D eigenvalue weighted by atomic mass is 16.5. The van der Waals surface area contributed by atoms with E-state index in [1.54, 1.807) is 0 Å². The predicted octanol–water partition coefficient (Wildman–Crippen LogP) is 2.02. The van der Waals surface area contributed by atoms with Crippen LogP contribution in [0.15, 0.2) is 30.3 Å². The maximum Gasteiger partial charge on any atom is 0.221 e. The summed E-state index contributed by atoms with van der Waals surface area (Å²) in [5.41, 5.74) is 1.24. The van der Waals surface area contributed by atoms with Crippen LogP contribution < -0.4 is 10.6 Å². The van der Waals surface area contributed by atoms with E-state index in [1.807, 2.05) is 18.2 Å². The molecule has 2 unspecified atom stereocenters. The first kappa shape index (κ1) is 15.0. The van der Waals surface area contributed by atoms with E-state index in [9.17, 15) is 4.79 Å². The zero-order valence-corrected chi connectivity index (χ0v) is 12.1. The van der Waals surface area contributed by atoms with Crippen LogP contribution in [0.4, 0.5) is 0 Å². The van der Waals surface area contributed by atoms with Gasteiger partial charge in [-0.2, -0.15) is 0 Å². The zero-order chi connectivity index (χ0) is 14.2. The van der Waals surface area contributed by atoms with Crippen LogP contribution >= 0.6 is 0 Å². The van der Waals surface area contributed by atoms with Gasteiger partial charge >= 0.3 is 0 Å². The van der Waals surface area contributed by atoms with Crippen molar-refractivity contribution in [3.63, 3.8) is 0 Å². The average Bonchev–Trinajstić information content (AvgIpc) is 2.99. The minimum Gasteiger partial charge on any atom is -0.376 e. The van der Waals surface area contributed by atoms with Crippen LogP contribution in [0.3, 0.4) is 0 Å². The molecule has 1 aliphatic heterocycles. The molecule has 4 heteroatoms. The van der Waals surface area contributed by atoms with E-state index in [1.165, 1.54) is 5.56 Å². The molecule has 1 fully saturated rings. The molecule has 110 valence electrons. The number of hydrogen-bond acceptors (Lipinski definition) is 3. The fraction of sp³-hybridized carbons (Fsp3) is 0.562. The quantitative estimate of drug-likeness (QED) is 0.801. The van der Waals surface area contributed by atoms with Crippen LogP contribution in [0.25, 0.3) is 0 Å². The van der Waals surface area contributed by atoms with Crippen LogP contribution in [0.2, 0.25) is 0 Å². The molecule has 1 aromatic rings. The highest BCUT2D eigenvalue weighted by Crippen LogP contribution is 2.11. The molecule has 0 radical (unpaired) electrons. The SMILES string of the molecule is CC(NCCC(=O)NCC1CCCO1)c1ccccc1. The van der Waals surface area contributed by atoms with E-state index >= 15 is 0 Å². The molecule has 1 amide bonds. The molecule has 1 aromatic carbocycles. The van der Waals surface area contributed by atoms with E-state index in [2.05, 4.69) is 29.7 Å². The number of carbonyl (C=O) groups excluding carboxylic acids is 1. The molecule has 1 heterocycles. The van der Waals surface area contributed by atoms with Crippen LogP contribution in [0.1, 0.15) is 37.8 Å². The van der Waals surface area contributed by atoms with Gasteiger partial charge in [0.2, 0.25) is 5.91 Å². The zero-order valence-electron chi connectivity index (χ0n) is 12.1. The van der Waals surface area contributed by atoms with Gasteiger partial charge in [0.05, 0.1) is 6.10 Å². The second kappa shape index (κ2) is 8.02. The van der Waals surface area contributed by atoms with Gasteiger partial charge in [-0.3, -0.25) is 4.79 Å². The Labute approximate surface area is 120 Å². The molecule has 1 saturated heterocycles. The van der Waals surface area contributed by atoms with E-state index in [0.717, 1.165) is 19.4 Å². The number of carbonyl (C=O) groups is 1. The van der Waals surface area contributed by atoms with Gasteiger partial charge in [-0.05, 0) is 25.3 Å². The monoisotopic (exact) mass is 276 g/mol. The normalized spacial score (nSPS) is 19.8. The lowest BCUT2D eigenvalue weighted by atomic mass is 10.1. The minimum atomic E-state index is 0.0910. The molecule has 2 N–H and O–H groups in total. The van der Waals surface area contributed by atoms with Crippen molar-refractivity contribution < 1.29 is 9.53 Å². The van der Waals surface area contributed by atoms with E-state index in [4.69, 9.17) is 4.74 Å². The third-order valence-corrected chi connectivity index (χ3v) is 3.65. The minimum absolute atomic E-state index is 0.0910. The van der Waals surface area contributed by atoms with Gasteiger partial charge in [0.15, 0.2) is 0 Å². The first-order chi connectivity index (χ1) is 9.75. The maximum atomic E-state index is 11.7. The van der Waals surface area contributed by atoms with Crippen molar-refractivity contribution in [3.05, 3.63) is 35.9 Å². The Morgan fingerprint density at radius 3 is 2.90 bits per heavy atom. The first-order valence-electron chi connectivity index (χ1n) is 7.42. The number of ether oxygens (including phenoxy) is 1. The van der Waals surface area contributed by atoms with E-state index in [0.29, 0.717) is 19.5 Å². The van der Waals surface area contributed by atoms with Gasteiger partial charge in [0, 0.05) is 32.2 Å². The summed E-state index contributed by atoms with van der Waals surface area (Å²) in [6, 6.07) is 10.5. The Kier molecular flexibility index (Phi) is 6.02. The maximum absolute atomic E-state index is 11.7. The van der Waals surface area contributed by atoms with Gasteiger partial charge in [-0.15, -0.1) is 0 Å². The summed E-state index contributed by atoms with van der Waals surface area (Å²) in [7, 11) is 0. The van der Waals surface area contributed by atoms with Gasteiger partial charge in [-0.1, -0.05) is 30.3 Å². The van der Waals surface area contributed by atoms with Crippen LogP contribution in [0.5, 0.6) is 0 Å². The lowest BCUT2D eigenvalue weighted by Crippen LogP contribution is -2.34. The third-order valence-electron chi connectivity index (χ3n) is 3.65. The van der Waals surface area contributed by atoms with Crippen molar-refractivity contribution in [2.45, 2.75) is 38.3 Å². The fourth-order valence-corrected chi connectivity index (χ4v) is 2.38.